The smallest absolute Gasteiger partial charge is 0.336 e. The number of aromatic carboxylic acids is 1. The van der Waals surface area contributed by atoms with Crippen LogP contribution >= 0.6 is 0 Å². The van der Waals surface area contributed by atoms with E-state index in [0.717, 1.165) is 0 Å². The molecular weight excluding hydrogens is 282 g/mol. The van der Waals surface area contributed by atoms with Crippen molar-refractivity contribution in [2.24, 2.45) is 0 Å². The fourth-order valence-electron chi connectivity index (χ4n) is 2.09. The van der Waals surface area contributed by atoms with E-state index in [1.54, 1.807) is 12.1 Å². The van der Waals surface area contributed by atoms with Crippen LogP contribution in [0.25, 0.3) is 10.9 Å². The van der Waals surface area contributed by atoms with Gasteiger partial charge in [-0.15, -0.1) is 0 Å². The Labute approximate surface area is 119 Å². The average molecular weight is 296 g/mol. The third-order valence-electron chi connectivity index (χ3n) is 3.00. The molecule has 0 saturated heterocycles. The molecule has 7 heteroatoms. The third-order valence-corrected chi connectivity index (χ3v) is 3.00. The number of nitrogens with zero attached hydrogens (tertiary/aromatic N) is 2. The summed E-state index contributed by atoms with van der Waals surface area (Å²) in [6.45, 7) is -0.791. The van der Waals surface area contributed by atoms with E-state index < -0.39 is 18.9 Å². The van der Waals surface area contributed by atoms with Crippen molar-refractivity contribution in [2.75, 3.05) is 24.6 Å². The Balaban J connectivity index is 2.44. The maximum Gasteiger partial charge on any atom is 0.336 e. The highest BCUT2D eigenvalue weighted by Crippen LogP contribution is 2.22. The third kappa shape index (κ3) is 3.43. The summed E-state index contributed by atoms with van der Waals surface area (Å²) in [5.41, 5.74) is 0.513. The monoisotopic (exact) mass is 296 g/mol. The van der Waals surface area contributed by atoms with Gasteiger partial charge in [-0.1, -0.05) is 6.07 Å². The molecule has 2 rings (SSSR count). The number of carboxylic acid groups (broad SMARTS) is 1. The highest BCUT2D eigenvalue weighted by atomic mass is 19.3. The topological polar surface area (TPSA) is 73.7 Å². The average Bonchev–Trinajstić information content (AvgIpc) is 2.45. The minimum atomic E-state index is -2.56. The largest absolute Gasteiger partial charge is 0.478 e. The first-order valence-electron chi connectivity index (χ1n) is 6.30. The maximum absolute atomic E-state index is 12.5. The molecule has 0 unspecified atom stereocenters. The second-order valence-electron chi connectivity index (χ2n) is 4.41. The van der Waals surface area contributed by atoms with Gasteiger partial charge in [-0.05, 0) is 24.3 Å². The van der Waals surface area contributed by atoms with E-state index in [-0.39, 0.29) is 24.5 Å². The normalized spacial score (nSPS) is 11.0. The zero-order valence-corrected chi connectivity index (χ0v) is 11.0. The highest BCUT2D eigenvalue weighted by Gasteiger charge is 2.15. The fourth-order valence-corrected chi connectivity index (χ4v) is 2.09. The van der Waals surface area contributed by atoms with Crippen LogP contribution in [0.3, 0.4) is 0 Å². The van der Waals surface area contributed by atoms with E-state index in [0.29, 0.717) is 10.9 Å². The first-order valence-corrected chi connectivity index (χ1v) is 6.30. The van der Waals surface area contributed by atoms with Crippen LogP contribution in [-0.2, 0) is 0 Å². The second kappa shape index (κ2) is 6.45. The molecule has 1 aromatic carbocycles. The summed E-state index contributed by atoms with van der Waals surface area (Å²) in [4.78, 5) is 16.6. The van der Waals surface area contributed by atoms with Gasteiger partial charge in [0.2, 0.25) is 0 Å². The van der Waals surface area contributed by atoms with Crippen LogP contribution in [0, 0.1) is 0 Å². The molecule has 5 nitrogen and oxygen atoms in total. The Morgan fingerprint density at radius 3 is 2.67 bits per heavy atom. The molecule has 21 heavy (non-hydrogen) atoms. The minimum absolute atomic E-state index is 0.0292. The molecule has 0 aliphatic rings. The Morgan fingerprint density at radius 2 is 2.05 bits per heavy atom. The molecule has 0 spiro atoms. The van der Waals surface area contributed by atoms with Crippen LogP contribution in [0.5, 0.6) is 0 Å². The Bertz CT molecular complexity index is 649. The van der Waals surface area contributed by atoms with Gasteiger partial charge in [0, 0.05) is 11.9 Å². The molecule has 0 atom stereocenters. The molecule has 1 aromatic heterocycles. The molecule has 1 heterocycles. The van der Waals surface area contributed by atoms with Crippen molar-refractivity contribution in [1.29, 1.82) is 0 Å². The van der Waals surface area contributed by atoms with E-state index in [2.05, 4.69) is 4.98 Å². The Morgan fingerprint density at radius 1 is 1.29 bits per heavy atom. The molecule has 0 radical (unpaired) electrons. The van der Waals surface area contributed by atoms with Gasteiger partial charge in [0.05, 0.1) is 24.2 Å². The molecule has 2 aromatic rings. The lowest BCUT2D eigenvalue weighted by Gasteiger charge is -2.22. The maximum atomic E-state index is 12.5. The zero-order chi connectivity index (χ0) is 15.4. The number of fused-ring (bicyclic) bond motifs is 1. The molecule has 0 aliphatic heterocycles. The molecule has 0 amide bonds. The van der Waals surface area contributed by atoms with E-state index in [1.165, 1.54) is 23.1 Å². The molecule has 0 bridgehead atoms. The number of hydrogen-bond acceptors (Lipinski definition) is 4. The second-order valence-corrected chi connectivity index (χ2v) is 4.41. The van der Waals surface area contributed by atoms with Gasteiger partial charge in [-0.25, -0.2) is 18.6 Å². The van der Waals surface area contributed by atoms with E-state index in [1.807, 2.05) is 0 Å². The lowest BCUT2D eigenvalue weighted by atomic mass is 10.1. The van der Waals surface area contributed by atoms with Gasteiger partial charge in [-0.3, -0.25) is 0 Å². The summed E-state index contributed by atoms with van der Waals surface area (Å²) in [5.74, 6) is -0.797. The molecule has 0 saturated carbocycles. The summed E-state index contributed by atoms with van der Waals surface area (Å²) in [6.07, 6.45) is -2.56. The summed E-state index contributed by atoms with van der Waals surface area (Å²) in [7, 11) is 0. The van der Waals surface area contributed by atoms with Crippen molar-refractivity contribution in [3.8, 4) is 0 Å². The van der Waals surface area contributed by atoms with Crippen LogP contribution in [0.4, 0.5) is 14.6 Å². The predicted molar refractivity (Wildman–Crippen MR) is 74.0 cm³/mol. The van der Waals surface area contributed by atoms with Gasteiger partial charge in [0.1, 0.15) is 5.82 Å². The van der Waals surface area contributed by atoms with Crippen LogP contribution in [0.2, 0.25) is 0 Å². The minimum Gasteiger partial charge on any atom is -0.478 e. The van der Waals surface area contributed by atoms with Gasteiger partial charge in [0.25, 0.3) is 6.43 Å². The molecule has 2 N–H and O–H groups in total. The number of halogens is 2. The summed E-state index contributed by atoms with van der Waals surface area (Å²) < 4.78 is 25.1. The highest BCUT2D eigenvalue weighted by molar-refractivity contribution is 6.02. The van der Waals surface area contributed by atoms with E-state index in [9.17, 15) is 13.6 Å². The SMILES string of the molecule is O=C(O)c1cccc2nc(N(CCO)CC(F)F)ccc12. The number of benzene rings is 1. The van der Waals surface area contributed by atoms with E-state index >= 15 is 0 Å². The van der Waals surface area contributed by atoms with Crippen LogP contribution in [0.15, 0.2) is 30.3 Å². The van der Waals surface area contributed by atoms with Gasteiger partial charge in [0.15, 0.2) is 0 Å². The Hall–Kier alpha value is -2.28. The first kappa shape index (κ1) is 15.1. The fraction of sp³-hybridized carbons (Fsp3) is 0.286. The van der Waals surface area contributed by atoms with Crippen LogP contribution in [0.1, 0.15) is 10.4 Å². The summed E-state index contributed by atoms with van der Waals surface area (Å²) in [5, 5.41) is 18.5. The number of carboxylic acids is 1. The van der Waals surface area contributed by atoms with Gasteiger partial charge in [-0.2, -0.15) is 0 Å². The molecule has 0 fully saturated rings. The predicted octanol–water partition coefficient (Wildman–Crippen LogP) is 2.00. The van der Waals surface area contributed by atoms with Gasteiger partial charge >= 0.3 is 5.97 Å². The van der Waals surface area contributed by atoms with Crippen molar-refractivity contribution >= 4 is 22.7 Å². The zero-order valence-electron chi connectivity index (χ0n) is 11.0. The van der Waals surface area contributed by atoms with Crippen molar-refractivity contribution in [1.82, 2.24) is 4.98 Å². The van der Waals surface area contributed by atoms with Gasteiger partial charge < -0.3 is 15.1 Å². The molecule has 112 valence electrons. The molecular formula is C14H14F2N2O3. The van der Waals surface area contributed by atoms with Crippen LogP contribution in [-0.4, -0.2) is 47.3 Å². The summed E-state index contributed by atoms with van der Waals surface area (Å²) in [6, 6.07) is 7.64. The van der Waals surface area contributed by atoms with Crippen molar-refractivity contribution in [3.05, 3.63) is 35.9 Å². The lowest BCUT2D eigenvalue weighted by molar-refractivity contribution is 0.0699. The number of anilines is 1. The van der Waals surface area contributed by atoms with Crippen LogP contribution < -0.4 is 4.90 Å². The number of alkyl halides is 2. The summed E-state index contributed by atoms with van der Waals surface area (Å²) >= 11 is 0. The number of carbonyl (C=O) groups is 1. The quantitative estimate of drug-likeness (QED) is 0.853. The van der Waals surface area contributed by atoms with E-state index in [4.69, 9.17) is 10.2 Å². The number of aliphatic hydroxyl groups is 1. The van der Waals surface area contributed by atoms with Crippen molar-refractivity contribution in [3.63, 3.8) is 0 Å². The number of aliphatic hydroxyl groups excluding tert-OH is 1. The first-order chi connectivity index (χ1) is 10.0. The Kier molecular flexibility index (Phi) is 4.64. The number of rotatable bonds is 6. The lowest BCUT2D eigenvalue weighted by Crippen LogP contribution is -2.32. The number of pyridine rings is 1. The standard InChI is InChI=1S/C14H14F2N2O3/c15-12(16)8-18(6-7-19)13-5-4-9-10(14(20)21)2-1-3-11(9)17-13/h1-5,12,19H,6-8H2,(H,20,21). The molecule has 0 aliphatic carbocycles. The van der Waals surface area contributed by atoms with Crippen molar-refractivity contribution in [2.45, 2.75) is 6.43 Å². The van der Waals surface area contributed by atoms with Crippen molar-refractivity contribution < 1.29 is 23.8 Å². The number of hydrogen-bond donors (Lipinski definition) is 2. The number of aromatic nitrogens is 1.